The topological polar surface area (TPSA) is 95.9 Å². The molecule has 0 saturated heterocycles. The molecule has 30 heavy (non-hydrogen) atoms. The number of benzene rings is 1. The van der Waals surface area contributed by atoms with Crippen LogP contribution >= 0.6 is 0 Å². The van der Waals surface area contributed by atoms with E-state index in [0.717, 1.165) is 17.5 Å². The third kappa shape index (κ3) is 4.67. The van der Waals surface area contributed by atoms with Crippen molar-refractivity contribution in [1.82, 2.24) is 25.2 Å². The normalized spacial score (nSPS) is 11.4. The number of aryl methyl sites for hydroxylation is 1. The number of rotatable bonds is 8. The number of furan rings is 1. The lowest BCUT2D eigenvalue weighted by Crippen LogP contribution is -2.15. The lowest BCUT2D eigenvalue weighted by Gasteiger charge is -2.10. The second-order valence-electron chi connectivity index (χ2n) is 6.42. The van der Waals surface area contributed by atoms with Crippen LogP contribution in [0.25, 0.3) is 23.2 Å². The molecule has 0 atom stereocenters. The van der Waals surface area contributed by atoms with Gasteiger partial charge in [0.1, 0.15) is 5.76 Å². The van der Waals surface area contributed by atoms with Crippen LogP contribution in [0, 0.1) is 0 Å². The summed E-state index contributed by atoms with van der Waals surface area (Å²) < 4.78 is 12.2. The molecule has 0 fully saturated rings. The highest BCUT2D eigenvalue weighted by Crippen LogP contribution is 2.21. The second kappa shape index (κ2) is 9.42. The maximum Gasteiger partial charge on any atom is 0.357 e. The number of carbonyl (C=O) groups excluding carboxylic acids is 1. The zero-order valence-corrected chi connectivity index (χ0v) is 16.1. The number of nitrogens with zero attached hydrogens (tertiary/aromatic N) is 5. The van der Waals surface area contributed by atoms with Crippen molar-refractivity contribution < 1.29 is 13.9 Å². The van der Waals surface area contributed by atoms with E-state index in [1.807, 2.05) is 42.5 Å². The van der Waals surface area contributed by atoms with E-state index in [-0.39, 0.29) is 12.3 Å². The van der Waals surface area contributed by atoms with Crippen LogP contribution in [0.2, 0.25) is 0 Å². The first-order valence-electron chi connectivity index (χ1n) is 9.46. The van der Waals surface area contributed by atoms with Gasteiger partial charge < -0.3 is 9.15 Å². The fourth-order valence-corrected chi connectivity index (χ4v) is 2.90. The highest BCUT2D eigenvalue weighted by Gasteiger charge is 2.21. The van der Waals surface area contributed by atoms with Crippen molar-refractivity contribution in [3.05, 3.63) is 84.6 Å². The average Bonchev–Trinajstić information content (AvgIpc) is 3.48. The molecule has 0 aliphatic rings. The van der Waals surface area contributed by atoms with Crippen LogP contribution in [0.5, 0.6) is 0 Å². The molecule has 1 aromatic carbocycles. The summed E-state index contributed by atoms with van der Waals surface area (Å²) >= 11 is 0. The maximum atomic E-state index is 12.9. The van der Waals surface area contributed by atoms with E-state index in [0.29, 0.717) is 18.0 Å². The molecule has 8 heteroatoms. The van der Waals surface area contributed by atoms with Gasteiger partial charge in [0, 0.05) is 24.0 Å². The predicted molar refractivity (Wildman–Crippen MR) is 110 cm³/mol. The molecule has 0 N–H and O–H groups in total. The first-order chi connectivity index (χ1) is 14.8. The first-order valence-corrected chi connectivity index (χ1v) is 9.46. The second-order valence-corrected chi connectivity index (χ2v) is 6.42. The Morgan fingerprint density at radius 1 is 1.07 bits per heavy atom. The lowest BCUT2D eigenvalue weighted by molar-refractivity contribution is -0.137. The van der Waals surface area contributed by atoms with Crippen molar-refractivity contribution in [2.45, 2.75) is 12.8 Å². The Labute approximate surface area is 172 Å². The molecule has 0 aliphatic carbocycles. The fraction of sp³-hybridized carbons (Fsp3) is 0.136. The molecule has 4 aromatic rings. The third-order valence-corrected chi connectivity index (χ3v) is 4.35. The molecule has 0 amide bonds. The standard InChI is InChI=1S/C22H19N5O3/c28-22(30-15-4-6-17-10-12-23-13-11-17)20(16-19-9-5-14-29-19)27-21(24-25-26-27)18-7-2-1-3-8-18/h1-3,5,7-14,16H,4,6,15H2. The van der Waals surface area contributed by atoms with E-state index in [4.69, 9.17) is 9.15 Å². The third-order valence-electron chi connectivity index (χ3n) is 4.35. The van der Waals surface area contributed by atoms with Crippen LogP contribution < -0.4 is 0 Å². The van der Waals surface area contributed by atoms with E-state index in [2.05, 4.69) is 20.5 Å². The molecule has 4 rings (SSSR count). The Bertz CT molecular complexity index is 1110. The number of aromatic nitrogens is 5. The number of hydrogen-bond donors (Lipinski definition) is 0. The van der Waals surface area contributed by atoms with E-state index >= 15 is 0 Å². The molecule has 0 bridgehead atoms. The largest absolute Gasteiger partial charge is 0.465 e. The molecular weight excluding hydrogens is 382 g/mol. The Balaban J connectivity index is 1.53. The number of tetrazole rings is 1. The van der Waals surface area contributed by atoms with Crippen molar-refractivity contribution >= 4 is 17.7 Å². The molecule has 3 heterocycles. The zero-order chi connectivity index (χ0) is 20.6. The minimum atomic E-state index is -0.536. The van der Waals surface area contributed by atoms with Gasteiger partial charge in [-0.3, -0.25) is 4.98 Å². The Hall–Kier alpha value is -4.07. The van der Waals surface area contributed by atoms with Gasteiger partial charge in [-0.05, 0) is 53.1 Å². The monoisotopic (exact) mass is 401 g/mol. The fourth-order valence-electron chi connectivity index (χ4n) is 2.90. The highest BCUT2D eigenvalue weighted by molar-refractivity contribution is 6.15. The number of esters is 1. The molecule has 0 saturated carbocycles. The zero-order valence-electron chi connectivity index (χ0n) is 16.1. The first kappa shape index (κ1) is 19.3. The van der Waals surface area contributed by atoms with Crippen molar-refractivity contribution in [3.63, 3.8) is 0 Å². The number of pyridine rings is 1. The van der Waals surface area contributed by atoms with Gasteiger partial charge in [0.15, 0.2) is 11.5 Å². The van der Waals surface area contributed by atoms with Gasteiger partial charge in [-0.2, -0.15) is 4.68 Å². The minimum Gasteiger partial charge on any atom is -0.465 e. The van der Waals surface area contributed by atoms with Gasteiger partial charge in [0.25, 0.3) is 0 Å². The van der Waals surface area contributed by atoms with E-state index < -0.39 is 5.97 Å². The summed E-state index contributed by atoms with van der Waals surface area (Å²) in [6.07, 6.45) is 8.05. The molecule has 3 aromatic heterocycles. The summed E-state index contributed by atoms with van der Waals surface area (Å²) in [5.41, 5.74) is 2.08. The summed E-state index contributed by atoms with van der Waals surface area (Å²) in [6.45, 7) is 0.263. The van der Waals surface area contributed by atoms with Crippen LogP contribution in [-0.2, 0) is 16.0 Å². The Morgan fingerprint density at radius 2 is 1.90 bits per heavy atom. The summed E-state index contributed by atoms with van der Waals surface area (Å²) in [5.74, 6) is 0.390. The van der Waals surface area contributed by atoms with Crippen LogP contribution in [0.1, 0.15) is 17.7 Å². The number of ether oxygens (including phenoxy) is 1. The van der Waals surface area contributed by atoms with Crippen LogP contribution in [-0.4, -0.2) is 37.8 Å². The van der Waals surface area contributed by atoms with E-state index in [1.54, 1.807) is 30.6 Å². The lowest BCUT2D eigenvalue weighted by atomic mass is 10.1. The quantitative estimate of drug-likeness (QED) is 0.253. The SMILES string of the molecule is O=C(OCCCc1ccncc1)C(=Cc1ccco1)n1nnnc1-c1ccccc1. The molecule has 0 radical (unpaired) electrons. The van der Waals surface area contributed by atoms with Crippen molar-refractivity contribution in [2.24, 2.45) is 0 Å². The summed E-state index contributed by atoms with van der Waals surface area (Å²) in [5, 5.41) is 11.8. The van der Waals surface area contributed by atoms with Gasteiger partial charge in [-0.15, -0.1) is 5.10 Å². The molecule has 8 nitrogen and oxygen atoms in total. The van der Waals surface area contributed by atoms with Gasteiger partial charge >= 0.3 is 5.97 Å². The smallest absolute Gasteiger partial charge is 0.357 e. The Kier molecular flexibility index (Phi) is 6.05. The molecular formula is C22H19N5O3. The highest BCUT2D eigenvalue weighted by atomic mass is 16.5. The van der Waals surface area contributed by atoms with Gasteiger partial charge in [0.05, 0.1) is 12.9 Å². The predicted octanol–water partition coefficient (Wildman–Crippen LogP) is 3.50. The summed E-state index contributed by atoms with van der Waals surface area (Å²) in [7, 11) is 0. The van der Waals surface area contributed by atoms with Crippen molar-refractivity contribution in [1.29, 1.82) is 0 Å². The van der Waals surface area contributed by atoms with Crippen LogP contribution in [0.15, 0.2) is 77.7 Å². The number of carbonyl (C=O) groups is 1. The van der Waals surface area contributed by atoms with E-state index in [9.17, 15) is 4.79 Å². The summed E-state index contributed by atoms with van der Waals surface area (Å²) in [4.78, 5) is 16.9. The minimum absolute atomic E-state index is 0.165. The van der Waals surface area contributed by atoms with Crippen molar-refractivity contribution in [3.8, 4) is 11.4 Å². The van der Waals surface area contributed by atoms with Crippen LogP contribution in [0.3, 0.4) is 0 Å². The van der Waals surface area contributed by atoms with Gasteiger partial charge in [-0.1, -0.05) is 30.3 Å². The number of hydrogen-bond acceptors (Lipinski definition) is 7. The average molecular weight is 401 g/mol. The molecule has 0 spiro atoms. The Morgan fingerprint density at radius 3 is 2.67 bits per heavy atom. The summed E-state index contributed by atoms with van der Waals surface area (Å²) in [6, 6.07) is 16.7. The van der Waals surface area contributed by atoms with E-state index in [1.165, 1.54) is 10.9 Å². The molecule has 150 valence electrons. The molecule has 0 unspecified atom stereocenters. The van der Waals surface area contributed by atoms with Gasteiger partial charge in [-0.25, -0.2) is 4.79 Å². The maximum absolute atomic E-state index is 12.9. The van der Waals surface area contributed by atoms with Crippen LogP contribution in [0.4, 0.5) is 0 Å². The van der Waals surface area contributed by atoms with Crippen molar-refractivity contribution in [2.75, 3.05) is 6.61 Å². The molecule has 0 aliphatic heterocycles. The van der Waals surface area contributed by atoms with Gasteiger partial charge in [0.2, 0.25) is 0 Å².